The number of halogens is 2. The van der Waals surface area contributed by atoms with E-state index in [9.17, 15) is 18.4 Å². The molecular formula is C19H20F2N2O3. The molecule has 26 heavy (non-hydrogen) atoms. The first-order valence-corrected chi connectivity index (χ1v) is 8.00. The van der Waals surface area contributed by atoms with Gasteiger partial charge in [-0.3, -0.25) is 9.59 Å². The van der Waals surface area contributed by atoms with Gasteiger partial charge >= 0.3 is 0 Å². The third-order valence-electron chi connectivity index (χ3n) is 3.79. The van der Waals surface area contributed by atoms with Gasteiger partial charge < -0.3 is 15.0 Å². The highest BCUT2D eigenvalue weighted by Gasteiger charge is 2.17. The number of carbonyl (C=O) groups is 2. The Balaban J connectivity index is 2.06. The lowest BCUT2D eigenvalue weighted by Crippen LogP contribution is -2.31. The molecule has 0 heterocycles. The zero-order valence-electron chi connectivity index (χ0n) is 14.8. The molecule has 0 aliphatic rings. The van der Waals surface area contributed by atoms with Gasteiger partial charge in [0.25, 0.3) is 5.91 Å². The Morgan fingerprint density at radius 1 is 1.15 bits per heavy atom. The molecule has 7 heteroatoms. The van der Waals surface area contributed by atoms with Crippen molar-refractivity contribution in [1.82, 2.24) is 4.90 Å². The van der Waals surface area contributed by atoms with E-state index in [1.807, 2.05) is 0 Å². The van der Waals surface area contributed by atoms with Crippen LogP contribution in [0.25, 0.3) is 0 Å². The predicted molar refractivity (Wildman–Crippen MR) is 93.7 cm³/mol. The third kappa shape index (κ3) is 5.02. The number of ether oxygens (including phenoxy) is 1. The lowest BCUT2D eigenvalue weighted by molar-refractivity contribution is -0.128. The summed E-state index contributed by atoms with van der Waals surface area (Å²) in [4.78, 5) is 25.3. The van der Waals surface area contributed by atoms with Crippen LogP contribution in [0.15, 0.2) is 42.5 Å². The maximum atomic E-state index is 13.2. The van der Waals surface area contributed by atoms with Crippen molar-refractivity contribution in [1.29, 1.82) is 0 Å². The molecule has 138 valence electrons. The first kappa shape index (κ1) is 19.4. The molecule has 0 aromatic heterocycles. The Kier molecular flexibility index (Phi) is 6.27. The minimum atomic E-state index is -1.05. The topological polar surface area (TPSA) is 58.6 Å². The second-order valence-corrected chi connectivity index (χ2v) is 5.86. The van der Waals surface area contributed by atoms with Gasteiger partial charge in [0.15, 0.2) is 17.7 Å². The Hall–Kier alpha value is -2.96. The van der Waals surface area contributed by atoms with E-state index in [0.29, 0.717) is 12.2 Å². The number of nitrogens with zero attached hydrogens (tertiary/aromatic N) is 1. The van der Waals surface area contributed by atoms with Gasteiger partial charge in [-0.1, -0.05) is 18.2 Å². The Bertz CT molecular complexity index is 811. The summed E-state index contributed by atoms with van der Waals surface area (Å²) in [5.41, 5.74) is 1.31. The second kappa shape index (κ2) is 8.42. The summed E-state index contributed by atoms with van der Waals surface area (Å²) in [7, 11) is 1.66. The number of amides is 2. The smallest absolute Gasteiger partial charge is 0.265 e. The molecule has 0 saturated carbocycles. The Labute approximate surface area is 150 Å². The standard InChI is InChI=1S/C19H20F2N2O3/c1-12(26-15-8-9-16(20)17(21)10-15)19(25)22-18-7-5-4-6-14(18)11-23(3)13(2)24/h4-10,12H,11H2,1-3H3,(H,22,25). The summed E-state index contributed by atoms with van der Waals surface area (Å²) in [5.74, 6) is -2.53. The molecule has 0 radical (unpaired) electrons. The lowest BCUT2D eigenvalue weighted by atomic mass is 10.1. The van der Waals surface area contributed by atoms with Crippen LogP contribution in [0, 0.1) is 11.6 Å². The summed E-state index contributed by atoms with van der Waals surface area (Å²) in [6, 6.07) is 10.1. The average Bonchev–Trinajstić information content (AvgIpc) is 2.59. The summed E-state index contributed by atoms with van der Waals surface area (Å²) in [6.45, 7) is 3.30. The van der Waals surface area contributed by atoms with Crippen LogP contribution in [0.2, 0.25) is 0 Å². The summed E-state index contributed by atoms with van der Waals surface area (Å²) in [6.07, 6.45) is -0.932. The van der Waals surface area contributed by atoms with Crippen LogP contribution in [0.1, 0.15) is 19.4 Å². The van der Waals surface area contributed by atoms with Crippen LogP contribution in [-0.4, -0.2) is 29.9 Å². The molecule has 1 atom stereocenters. The normalized spacial score (nSPS) is 11.6. The van der Waals surface area contributed by atoms with Crippen molar-refractivity contribution in [3.8, 4) is 5.75 Å². The second-order valence-electron chi connectivity index (χ2n) is 5.86. The zero-order chi connectivity index (χ0) is 19.3. The van der Waals surface area contributed by atoms with E-state index in [4.69, 9.17) is 4.74 Å². The van der Waals surface area contributed by atoms with E-state index >= 15 is 0 Å². The molecule has 0 saturated heterocycles. The van der Waals surface area contributed by atoms with Crippen LogP contribution in [0.3, 0.4) is 0 Å². The fourth-order valence-corrected chi connectivity index (χ4v) is 2.19. The molecule has 1 unspecified atom stereocenters. The predicted octanol–water partition coefficient (Wildman–Crippen LogP) is 3.35. The van der Waals surface area contributed by atoms with Crippen LogP contribution in [0.5, 0.6) is 5.75 Å². The quantitative estimate of drug-likeness (QED) is 0.857. The average molecular weight is 362 g/mol. The van der Waals surface area contributed by atoms with Crippen molar-refractivity contribution in [2.45, 2.75) is 26.5 Å². The van der Waals surface area contributed by atoms with Crippen molar-refractivity contribution >= 4 is 17.5 Å². The van der Waals surface area contributed by atoms with Crippen LogP contribution in [-0.2, 0) is 16.1 Å². The van der Waals surface area contributed by atoms with Crippen molar-refractivity contribution in [3.05, 3.63) is 59.7 Å². The van der Waals surface area contributed by atoms with Gasteiger partial charge in [-0.25, -0.2) is 8.78 Å². The number of nitrogens with one attached hydrogen (secondary N) is 1. The van der Waals surface area contributed by atoms with E-state index in [1.165, 1.54) is 24.8 Å². The Morgan fingerprint density at radius 3 is 2.50 bits per heavy atom. The molecule has 0 fully saturated rings. The van der Waals surface area contributed by atoms with Gasteiger partial charge in [0.05, 0.1) is 0 Å². The molecule has 1 N–H and O–H groups in total. The van der Waals surface area contributed by atoms with Gasteiger partial charge in [-0.05, 0) is 30.7 Å². The highest BCUT2D eigenvalue weighted by molar-refractivity contribution is 5.94. The molecule has 0 spiro atoms. The number of para-hydroxylation sites is 1. The van der Waals surface area contributed by atoms with E-state index < -0.39 is 23.6 Å². The maximum Gasteiger partial charge on any atom is 0.265 e. The number of hydrogen-bond acceptors (Lipinski definition) is 3. The number of hydrogen-bond donors (Lipinski definition) is 1. The molecule has 2 rings (SSSR count). The molecule has 2 aromatic carbocycles. The van der Waals surface area contributed by atoms with Gasteiger partial charge in [-0.15, -0.1) is 0 Å². The zero-order valence-corrected chi connectivity index (χ0v) is 14.8. The Morgan fingerprint density at radius 2 is 1.85 bits per heavy atom. The molecule has 2 aromatic rings. The fourth-order valence-electron chi connectivity index (χ4n) is 2.19. The van der Waals surface area contributed by atoms with Crippen LogP contribution >= 0.6 is 0 Å². The molecule has 0 aliphatic heterocycles. The SMILES string of the molecule is CC(=O)N(C)Cc1ccccc1NC(=O)C(C)Oc1ccc(F)c(F)c1. The van der Waals surface area contributed by atoms with E-state index in [2.05, 4.69) is 5.32 Å². The van der Waals surface area contributed by atoms with Crippen LogP contribution < -0.4 is 10.1 Å². The maximum absolute atomic E-state index is 13.2. The minimum absolute atomic E-state index is 0.0520. The van der Waals surface area contributed by atoms with Gasteiger partial charge in [0.2, 0.25) is 5.91 Å². The van der Waals surface area contributed by atoms with E-state index in [-0.39, 0.29) is 11.7 Å². The van der Waals surface area contributed by atoms with Gasteiger partial charge in [0, 0.05) is 32.3 Å². The van der Waals surface area contributed by atoms with Crippen LogP contribution in [0.4, 0.5) is 14.5 Å². The molecule has 0 aliphatic carbocycles. The number of rotatable bonds is 6. The fraction of sp³-hybridized carbons (Fsp3) is 0.263. The summed E-state index contributed by atoms with van der Waals surface area (Å²) < 4.78 is 31.5. The summed E-state index contributed by atoms with van der Waals surface area (Å²) >= 11 is 0. The highest BCUT2D eigenvalue weighted by atomic mass is 19.2. The van der Waals surface area contributed by atoms with Gasteiger partial charge in [0.1, 0.15) is 5.75 Å². The molecular weight excluding hydrogens is 342 g/mol. The monoisotopic (exact) mass is 362 g/mol. The molecule has 5 nitrogen and oxygen atoms in total. The minimum Gasteiger partial charge on any atom is -0.481 e. The van der Waals surface area contributed by atoms with Crippen molar-refractivity contribution in [3.63, 3.8) is 0 Å². The lowest BCUT2D eigenvalue weighted by Gasteiger charge is -2.19. The first-order valence-electron chi connectivity index (χ1n) is 8.00. The van der Waals surface area contributed by atoms with Crippen molar-refractivity contribution in [2.75, 3.05) is 12.4 Å². The summed E-state index contributed by atoms with van der Waals surface area (Å²) in [5, 5.41) is 2.73. The molecule has 2 amide bonds. The number of benzene rings is 2. The van der Waals surface area contributed by atoms with E-state index in [1.54, 1.807) is 31.3 Å². The third-order valence-corrected chi connectivity index (χ3v) is 3.79. The number of carbonyl (C=O) groups excluding carboxylic acids is 2. The van der Waals surface area contributed by atoms with Crippen molar-refractivity contribution in [2.24, 2.45) is 0 Å². The molecule has 0 bridgehead atoms. The first-order chi connectivity index (χ1) is 12.3. The highest BCUT2D eigenvalue weighted by Crippen LogP contribution is 2.19. The number of anilines is 1. The largest absolute Gasteiger partial charge is 0.481 e. The van der Waals surface area contributed by atoms with E-state index in [0.717, 1.165) is 17.7 Å². The van der Waals surface area contributed by atoms with Gasteiger partial charge in [-0.2, -0.15) is 0 Å². The van der Waals surface area contributed by atoms with Crippen molar-refractivity contribution < 1.29 is 23.1 Å².